The second kappa shape index (κ2) is 8.92. The number of amides is 2. The first-order chi connectivity index (χ1) is 17.0. The van der Waals surface area contributed by atoms with Crippen LogP contribution in [0, 0.1) is 5.82 Å². The van der Waals surface area contributed by atoms with Gasteiger partial charge < -0.3 is 24.0 Å². The van der Waals surface area contributed by atoms with Crippen molar-refractivity contribution in [1.29, 1.82) is 0 Å². The zero-order chi connectivity index (χ0) is 24.2. The fourth-order valence-corrected chi connectivity index (χ4v) is 7.21. The predicted molar refractivity (Wildman–Crippen MR) is 128 cm³/mol. The summed E-state index contributed by atoms with van der Waals surface area (Å²) in [5.41, 5.74) is 1.45. The van der Waals surface area contributed by atoms with Crippen LogP contribution in [0.1, 0.15) is 51.9 Å². The third kappa shape index (κ3) is 3.96. The van der Waals surface area contributed by atoms with Crippen molar-refractivity contribution in [1.82, 2.24) is 9.80 Å². The summed E-state index contributed by atoms with van der Waals surface area (Å²) in [6.07, 6.45) is 5.87. The van der Waals surface area contributed by atoms with E-state index in [9.17, 15) is 14.0 Å². The van der Waals surface area contributed by atoms with Crippen molar-refractivity contribution >= 4 is 17.9 Å². The maximum atomic E-state index is 14.2. The third-order valence-electron chi connectivity index (χ3n) is 9.02. The highest BCUT2D eigenvalue weighted by Gasteiger charge is 2.50. The quantitative estimate of drug-likeness (QED) is 0.627. The molecule has 4 saturated heterocycles. The summed E-state index contributed by atoms with van der Waals surface area (Å²) in [4.78, 5) is 31.5. The summed E-state index contributed by atoms with van der Waals surface area (Å²) in [7, 11) is 1.39. The Hall–Kier alpha value is -2.39. The van der Waals surface area contributed by atoms with Gasteiger partial charge in [0.15, 0.2) is 0 Å². The van der Waals surface area contributed by atoms with Crippen LogP contribution in [0.2, 0.25) is 0 Å². The Morgan fingerprint density at radius 1 is 1.09 bits per heavy atom. The molecule has 0 aromatic heterocycles. The minimum Gasteiger partial charge on any atom is -0.452 e. The molecular weight excluding hydrogens is 453 g/mol. The van der Waals surface area contributed by atoms with Crippen LogP contribution in [-0.2, 0) is 19.6 Å². The van der Waals surface area contributed by atoms with E-state index in [0.717, 1.165) is 69.3 Å². The second-order valence-electron chi connectivity index (χ2n) is 10.8. The molecule has 0 N–H and O–H groups in total. The van der Waals surface area contributed by atoms with Crippen molar-refractivity contribution in [3.8, 4) is 0 Å². The summed E-state index contributed by atoms with van der Waals surface area (Å²) in [6.45, 7) is 3.51. The minimum absolute atomic E-state index is 0. The molecule has 8 nitrogen and oxygen atoms in total. The number of ether oxygens (including phenoxy) is 3. The lowest BCUT2D eigenvalue weighted by molar-refractivity contribution is 0.00971. The van der Waals surface area contributed by atoms with Crippen LogP contribution >= 0.6 is 0 Å². The van der Waals surface area contributed by atoms with Crippen LogP contribution in [0.4, 0.5) is 19.7 Å². The molecule has 0 aliphatic carbocycles. The van der Waals surface area contributed by atoms with E-state index in [-0.39, 0.29) is 36.9 Å². The van der Waals surface area contributed by atoms with Gasteiger partial charge in [0.05, 0.1) is 26.0 Å². The number of hydrogen-bond acceptors (Lipinski definition) is 6. The Kier molecular flexibility index (Phi) is 5.87. The van der Waals surface area contributed by atoms with E-state index in [1.54, 1.807) is 17.0 Å². The summed E-state index contributed by atoms with van der Waals surface area (Å²) >= 11 is 0. The molecule has 0 radical (unpaired) electrons. The van der Waals surface area contributed by atoms with Crippen molar-refractivity contribution in [3.63, 3.8) is 0 Å². The number of fused-ring (bicyclic) bond motifs is 4. The maximum absolute atomic E-state index is 14.2. The first-order valence-corrected chi connectivity index (χ1v) is 12.9. The Morgan fingerprint density at radius 2 is 1.83 bits per heavy atom. The Balaban J connectivity index is 0.00000267. The van der Waals surface area contributed by atoms with E-state index < -0.39 is 6.09 Å². The summed E-state index contributed by atoms with van der Waals surface area (Å²) in [6, 6.07) is 5.63. The average molecular weight is 490 g/mol. The van der Waals surface area contributed by atoms with Gasteiger partial charge in [0.25, 0.3) is 0 Å². The number of methoxy groups -OCH3 is 1. The van der Waals surface area contributed by atoms with Gasteiger partial charge in [-0.1, -0.05) is 0 Å². The number of hydrogen-bond donors (Lipinski definition) is 0. The molecule has 1 aromatic rings. The number of rotatable bonds is 2. The smallest absolute Gasteiger partial charge is 0.414 e. The van der Waals surface area contributed by atoms with Crippen molar-refractivity contribution in [2.75, 3.05) is 44.9 Å². The van der Waals surface area contributed by atoms with Crippen LogP contribution in [0.25, 0.3) is 0 Å². The van der Waals surface area contributed by atoms with E-state index in [4.69, 9.17) is 14.2 Å². The van der Waals surface area contributed by atoms with Crippen LogP contribution in [0.3, 0.4) is 0 Å². The van der Waals surface area contributed by atoms with Crippen LogP contribution in [0.5, 0.6) is 0 Å². The molecule has 192 valence electrons. The molecule has 1 spiro atoms. The molecule has 1 aromatic carbocycles. The van der Waals surface area contributed by atoms with E-state index in [1.165, 1.54) is 13.2 Å². The fraction of sp³-hybridized carbons (Fsp3) is 0.692. The van der Waals surface area contributed by atoms with Gasteiger partial charge in [0.2, 0.25) is 0 Å². The van der Waals surface area contributed by atoms with E-state index in [0.29, 0.717) is 25.8 Å². The molecule has 4 fully saturated rings. The lowest BCUT2D eigenvalue weighted by Crippen LogP contribution is -2.56. The Labute approximate surface area is 206 Å². The van der Waals surface area contributed by atoms with Crippen molar-refractivity contribution < 1.29 is 29.6 Å². The molecule has 5 heterocycles. The Bertz CT molecular complexity index is 984. The van der Waals surface area contributed by atoms with E-state index >= 15 is 0 Å². The molecule has 35 heavy (non-hydrogen) atoms. The molecule has 6 rings (SSSR count). The average Bonchev–Trinajstić information content (AvgIpc) is 3.55. The molecule has 3 atom stereocenters. The summed E-state index contributed by atoms with van der Waals surface area (Å²) in [5.74, 6) is -0.266. The largest absolute Gasteiger partial charge is 0.452 e. The van der Waals surface area contributed by atoms with Crippen LogP contribution < -0.4 is 4.90 Å². The predicted octanol–water partition coefficient (Wildman–Crippen LogP) is 3.91. The maximum Gasteiger partial charge on any atom is 0.414 e. The third-order valence-corrected chi connectivity index (χ3v) is 9.02. The molecule has 2 amide bonds. The van der Waals surface area contributed by atoms with Gasteiger partial charge >= 0.3 is 12.2 Å². The van der Waals surface area contributed by atoms with Gasteiger partial charge in [-0.3, -0.25) is 4.90 Å². The molecule has 2 unspecified atom stereocenters. The SMILES string of the molecule is COC(=O)N1CC2(CCN(C3CC4CCC(C3)N4C(=O)O[C@@H]3CCOC3)CC2)c2cc(F)ccc21.[HH]. The number of anilines is 1. The number of piperidine rings is 2. The monoisotopic (exact) mass is 489 g/mol. The molecule has 9 heteroatoms. The van der Waals surface area contributed by atoms with Crippen molar-refractivity contribution in [2.45, 2.75) is 74.6 Å². The topological polar surface area (TPSA) is 71.6 Å². The first kappa shape index (κ1) is 23.0. The van der Waals surface area contributed by atoms with Crippen LogP contribution in [0.15, 0.2) is 18.2 Å². The molecule has 5 aliphatic heterocycles. The zero-order valence-electron chi connectivity index (χ0n) is 20.3. The lowest BCUT2D eigenvalue weighted by atomic mass is 9.73. The highest BCUT2D eigenvalue weighted by atomic mass is 19.1. The number of halogens is 1. The number of benzene rings is 1. The Morgan fingerprint density at radius 3 is 2.49 bits per heavy atom. The standard InChI is InChI=1S/C26H34FN3O5.H2/c1-33-24(31)29-16-26(22-12-17(27)2-5-23(22)29)7-9-28(10-8-26)20-13-18-3-4-19(14-20)30(18)25(32)35-21-6-11-34-15-21;/h2,5,12,18-21H,3-4,6-11,13-16H2,1H3;1H/t18?,19?,20?,21-;/m1./s1. The number of carbonyl (C=O) groups excluding carboxylic acids is 2. The molecule has 5 aliphatic rings. The fourth-order valence-electron chi connectivity index (χ4n) is 7.21. The summed E-state index contributed by atoms with van der Waals surface area (Å²) < 4.78 is 30.3. The van der Waals surface area contributed by atoms with E-state index in [2.05, 4.69) is 4.90 Å². The minimum atomic E-state index is -0.392. The van der Waals surface area contributed by atoms with E-state index in [1.807, 2.05) is 4.90 Å². The number of nitrogens with zero attached hydrogens (tertiary/aromatic N) is 3. The van der Waals surface area contributed by atoms with Gasteiger partial charge in [-0.05, 0) is 75.4 Å². The highest BCUT2D eigenvalue weighted by Crippen LogP contribution is 2.48. The van der Waals surface area contributed by atoms with Gasteiger partial charge in [-0.2, -0.15) is 0 Å². The number of likely N-dealkylation sites (tertiary alicyclic amines) is 1. The normalized spacial score (nSPS) is 31.6. The number of carbonyl (C=O) groups is 2. The molecule has 0 saturated carbocycles. The lowest BCUT2D eigenvalue weighted by Gasteiger charge is -2.47. The van der Waals surface area contributed by atoms with Gasteiger partial charge in [-0.15, -0.1) is 0 Å². The highest BCUT2D eigenvalue weighted by molar-refractivity contribution is 5.91. The molecule has 2 bridgehead atoms. The molecular formula is C26H36FN3O5. The second-order valence-corrected chi connectivity index (χ2v) is 10.8. The zero-order valence-corrected chi connectivity index (χ0v) is 20.3. The van der Waals surface area contributed by atoms with Gasteiger partial charge in [-0.25, -0.2) is 14.0 Å². The first-order valence-electron chi connectivity index (χ1n) is 12.9. The van der Waals surface area contributed by atoms with Crippen LogP contribution in [-0.4, -0.2) is 86.2 Å². The van der Waals surface area contributed by atoms with Gasteiger partial charge in [0, 0.05) is 37.9 Å². The summed E-state index contributed by atoms with van der Waals surface area (Å²) in [5, 5.41) is 0. The van der Waals surface area contributed by atoms with Crippen molar-refractivity contribution in [2.24, 2.45) is 0 Å². The van der Waals surface area contributed by atoms with Gasteiger partial charge in [0.1, 0.15) is 11.9 Å². The van der Waals surface area contributed by atoms with Crippen molar-refractivity contribution in [3.05, 3.63) is 29.6 Å².